The van der Waals surface area contributed by atoms with Gasteiger partial charge in [-0.1, -0.05) is 79.7 Å². The molecule has 20 heavy (non-hydrogen) atoms. The number of carbonyl (C=O) groups excluding carboxylic acids is 1. The maximum absolute atomic E-state index is 11.9. The molecule has 1 N–H and O–H groups in total. The molecule has 0 aliphatic rings. The zero-order valence-corrected chi connectivity index (χ0v) is 13.0. The van der Waals surface area contributed by atoms with Gasteiger partial charge in [-0.05, 0) is 12.0 Å². The van der Waals surface area contributed by atoms with Crippen LogP contribution in [0.15, 0.2) is 30.3 Å². The SMILES string of the molecule is CCCCC[C@@H](O)C(Cl)(Cl)C(=O)OCc1ccccc1. The smallest absolute Gasteiger partial charge is 0.345 e. The van der Waals surface area contributed by atoms with E-state index in [1.165, 1.54) is 0 Å². The van der Waals surface area contributed by atoms with Crippen LogP contribution < -0.4 is 0 Å². The number of esters is 1. The molecular formula is C15H20Cl2O3. The summed E-state index contributed by atoms with van der Waals surface area (Å²) in [6.45, 7) is 2.14. The van der Waals surface area contributed by atoms with Crippen molar-refractivity contribution in [2.24, 2.45) is 0 Å². The molecule has 1 atom stereocenters. The minimum atomic E-state index is -1.91. The molecule has 0 unspecified atom stereocenters. The van der Waals surface area contributed by atoms with Crippen molar-refractivity contribution in [1.82, 2.24) is 0 Å². The van der Waals surface area contributed by atoms with E-state index >= 15 is 0 Å². The van der Waals surface area contributed by atoms with E-state index in [4.69, 9.17) is 27.9 Å². The number of unbranched alkanes of at least 4 members (excludes halogenated alkanes) is 2. The molecule has 0 aliphatic heterocycles. The number of rotatable bonds is 8. The lowest BCUT2D eigenvalue weighted by Crippen LogP contribution is -2.40. The molecule has 0 saturated heterocycles. The predicted octanol–water partition coefficient (Wildman–Crippen LogP) is 3.84. The quantitative estimate of drug-likeness (QED) is 0.450. The molecule has 0 amide bonds. The monoisotopic (exact) mass is 318 g/mol. The summed E-state index contributed by atoms with van der Waals surface area (Å²) in [5.41, 5.74) is 0.838. The first-order valence-electron chi connectivity index (χ1n) is 6.75. The zero-order chi connectivity index (χ0) is 15.0. The summed E-state index contributed by atoms with van der Waals surface area (Å²) in [5, 5.41) is 9.91. The van der Waals surface area contributed by atoms with Gasteiger partial charge in [-0.2, -0.15) is 0 Å². The van der Waals surface area contributed by atoms with Gasteiger partial charge in [0.15, 0.2) is 0 Å². The number of hydrogen-bond acceptors (Lipinski definition) is 3. The van der Waals surface area contributed by atoms with E-state index < -0.39 is 16.4 Å². The van der Waals surface area contributed by atoms with Gasteiger partial charge in [0, 0.05) is 0 Å². The van der Waals surface area contributed by atoms with Crippen LogP contribution in [0.4, 0.5) is 0 Å². The zero-order valence-electron chi connectivity index (χ0n) is 11.5. The standard InChI is InChI=1S/C15H20Cl2O3/c1-2-3-5-10-13(18)15(16,17)14(19)20-11-12-8-6-4-7-9-12/h4,6-9,13,18H,2-3,5,10-11H2,1H3/t13-/m1/s1. The van der Waals surface area contributed by atoms with Crippen molar-refractivity contribution in [1.29, 1.82) is 0 Å². The second kappa shape index (κ2) is 8.50. The number of alkyl halides is 2. The average Bonchev–Trinajstić information content (AvgIpc) is 2.45. The fourth-order valence-corrected chi connectivity index (χ4v) is 2.05. The van der Waals surface area contributed by atoms with Gasteiger partial charge < -0.3 is 9.84 Å². The number of benzene rings is 1. The minimum absolute atomic E-state index is 0.0859. The molecule has 1 aromatic carbocycles. The van der Waals surface area contributed by atoms with E-state index in [2.05, 4.69) is 6.92 Å². The van der Waals surface area contributed by atoms with Crippen molar-refractivity contribution in [2.45, 2.75) is 49.7 Å². The second-order valence-corrected chi connectivity index (χ2v) is 6.08. The third-order valence-electron chi connectivity index (χ3n) is 2.98. The van der Waals surface area contributed by atoms with Crippen molar-refractivity contribution >= 4 is 29.2 Å². The number of hydrogen-bond donors (Lipinski definition) is 1. The van der Waals surface area contributed by atoms with E-state index in [0.717, 1.165) is 24.8 Å². The van der Waals surface area contributed by atoms with Crippen LogP contribution in [0.5, 0.6) is 0 Å². The van der Waals surface area contributed by atoms with Gasteiger partial charge in [0.25, 0.3) is 0 Å². The molecular weight excluding hydrogens is 299 g/mol. The highest BCUT2D eigenvalue weighted by Gasteiger charge is 2.42. The molecule has 0 radical (unpaired) electrons. The largest absolute Gasteiger partial charge is 0.459 e. The summed E-state index contributed by atoms with van der Waals surface area (Å²) in [6.07, 6.45) is 2.00. The van der Waals surface area contributed by atoms with Crippen molar-refractivity contribution in [3.8, 4) is 0 Å². The van der Waals surface area contributed by atoms with Crippen LogP contribution in [0.25, 0.3) is 0 Å². The molecule has 112 valence electrons. The van der Waals surface area contributed by atoms with Gasteiger partial charge >= 0.3 is 5.97 Å². The van der Waals surface area contributed by atoms with Gasteiger partial charge in [-0.15, -0.1) is 0 Å². The third-order valence-corrected chi connectivity index (χ3v) is 3.80. The van der Waals surface area contributed by atoms with Crippen LogP contribution in [0.1, 0.15) is 38.2 Å². The molecule has 0 aliphatic carbocycles. The molecule has 0 aromatic heterocycles. The maximum Gasteiger partial charge on any atom is 0.345 e. The Morgan fingerprint density at radius 1 is 1.30 bits per heavy atom. The second-order valence-electron chi connectivity index (χ2n) is 4.70. The Bertz CT molecular complexity index is 407. The highest BCUT2D eigenvalue weighted by molar-refractivity contribution is 6.58. The van der Waals surface area contributed by atoms with Crippen molar-refractivity contribution in [2.75, 3.05) is 0 Å². The highest BCUT2D eigenvalue weighted by atomic mass is 35.5. The lowest BCUT2D eigenvalue weighted by molar-refractivity contribution is -0.148. The van der Waals surface area contributed by atoms with Gasteiger partial charge in [0.2, 0.25) is 4.33 Å². The van der Waals surface area contributed by atoms with E-state index in [9.17, 15) is 9.90 Å². The first-order valence-corrected chi connectivity index (χ1v) is 7.51. The van der Waals surface area contributed by atoms with Crippen LogP contribution in [0, 0.1) is 0 Å². The van der Waals surface area contributed by atoms with Gasteiger partial charge in [0.1, 0.15) is 6.61 Å². The first-order chi connectivity index (χ1) is 9.48. The summed E-state index contributed by atoms with van der Waals surface area (Å²) < 4.78 is 3.14. The molecule has 0 fully saturated rings. The summed E-state index contributed by atoms with van der Waals surface area (Å²) >= 11 is 11.8. The first kappa shape index (κ1) is 17.3. The van der Waals surface area contributed by atoms with Crippen molar-refractivity contribution < 1.29 is 14.6 Å². The van der Waals surface area contributed by atoms with E-state index in [1.807, 2.05) is 30.3 Å². The lowest BCUT2D eigenvalue weighted by Gasteiger charge is -2.23. The molecule has 0 heterocycles. The Labute approximate surface area is 129 Å². The summed E-state index contributed by atoms with van der Waals surface area (Å²) in [5.74, 6) is -0.811. The van der Waals surface area contributed by atoms with Gasteiger partial charge in [0.05, 0.1) is 6.10 Å². The Morgan fingerprint density at radius 2 is 1.95 bits per heavy atom. The Balaban J connectivity index is 2.47. The number of halogens is 2. The highest BCUT2D eigenvalue weighted by Crippen LogP contribution is 2.30. The lowest BCUT2D eigenvalue weighted by atomic mass is 10.1. The molecule has 0 spiro atoms. The van der Waals surface area contributed by atoms with Crippen LogP contribution in [0.3, 0.4) is 0 Å². The van der Waals surface area contributed by atoms with Crippen molar-refractivity contribution in [3.05, 3.63) is 35.9 Å². The minimum Gasteiger partial charge on any atom is -0.459 e. The Hall–Kier alpha value is -0.770. The normalized spacial score (nSPS) is 13.0. The van der Waals surface area contributed by atoms with Crippen LogP contribution in [-0.2, 0) is 16.1 Å². The van der Waals surface area contributed by atoms with Crippen LogP contribution in [-0.4, -0.2) is 21.5 Å². The maximum atomic E-state index is 11.9. The topological polar surface area (TPSA) is 46.5 Å². The molecule has 0 bridgehead atoms. The number of aliphatic hydroxyl groups excluding tert-OH is 1. The Morgan fingerprint density at radius 3 is 2.55 bits per heavy atom. The van der Waals surface area contributed by atoms with Gasteiger partial charge in [-0.25, -0.2) is 4.79 Å². The molecule has 3 nitrogen and oxygen atoms in total. The van der Waals surface area contributed by atoms with Crippen LogP contribution >= 0.6 is 23.2 Å². The number of aliphatic hydroxyl groups is 1. The fraction of sp³-hybridized carbons (Fsp3) is 0.533. The number of ether oxygens (including phenoxy) is 1. The van der Waals surface area contributed by atoms with Crippen LogP contribution in [0.2, 0.25) is 0 Å². The molecule has 5 heteroatoms. The number of carbonyl (C=O) groups is 1. The van der Waals surface area contributed by atoms with E-state index in [-0.39, 0.29) is 6.61 Å². The van der Waals surface area contributed by atoms with Gasteiger partial charge in [-0.3, -0.25) is 0 Å². The van der Waals surface area contributed by atoms with E-state index in [1.54, 1.807) is 0 Å². The molecule has 1 aromatic rings. The predicted molar refractivity (Wildman–Crippen MR) is 80.8 cm³/mol. The van der Waals surface area contributed by atoms with Crippen molar-refractivity contribution in [3.63, 3.8) is 0 Å². The Kier molecular flexibility index (Phi) is 7.35. The summed E-state index contributed by atoms with van der Waals surface area (Å²) in [7, 11) is 0. The van der Waals surface area contributed by atoms with E-state index in [0.29, 0.717) is 6.42 Å². The average molecular weight is 319 g/mol. The third kappa shape index (κ3) is 5.31. The summed E-state index contributed by atoms with van der Waals surface area (Å²) in [6, 6.07) is 9.22. The molecule has 1 rings (SSSR count). The fourth-order valence-electron chi connectivity index (χ4n) is 1.72. The summed E-state index contributed by atoms with van der Waals surface area (Å²) in [4.78, 5) is 11.9. The molecule has 0 saturated carbocycles.